The number of hydrogen-bond acceptors (Lipinski definition) is 5. The molecule has 0 unspecified atom stereocenters. The van der Waals surface area contributed by atoms with Gasteiger partial charge in [-0.15, -0.1) is 0 Å². The van der Waals surface area contributed by atoms with Crippen molar-refractivity contribution in [2.75, 3.05) is 12.4 Å². The number of anilines is 1. The second-order valence-corrected chi connectivity index (χ2v) is 4.97. The summed E-state index contributed by atoms with van der Waals surface area (Å²) in [5, 5.41) is 10.4. The zero-order valence-electron chi connectivity index (χ0n) is 12.7. The highest BCUT2D eigenvalue weighted by molar-refractivity contribution is 6.05. The second-order valence-electron chi connectivity index (χ2n) is 4.97. The van der Waals surface area contributed by atoms with Crippen molar-refractivity contribution in [2.24, 2.45) is 0 Å². The molecule has 6 heteroatoms. The Kier molecular flexibility index (Phi) is 4.05. The van der Waals surface area contributed by atoms with Gasteiger partial charge in [0.05, 0.1) is 7.11 Å². The van der Waals surface area contributed by atoms with Crippen molar-refractivity contribution in [3.05, 3.63) is 59.7 Å². The highest BCUT2D eigenvalue weighted by Crippen LogP contribution is 2.29. The van der Waals surface area contributed by atoms with E-state index in [0.29, 0.717) is 11.3 Å². The average Bonchev–Trinajstić information content (AvgIpc) is 3.03. The maximum absolute atomic E-state index is 12.2. The molecule has 0 aliphatic heterocycles. The van der Waals surface area contributed by atoms with Gasteiger partial charge in [-0.1, -0.05) is 18.2 Å². The van der Waals surface area contributed by atoms with Crippen molar-refractivity contribution in [1.82, 2.24) is 10.3 Å². The molecule has 1 N–H and O–H groups in total. The summed E-state index contributed by atoms with van der Waals surface area (Å²) in [7, 11) is 1.62. The van der Waals surface area contributed by atoms with Crippen LogP contribution in [0.2, 0.25) is 0 Å². The molecule has 0 spiro atoms. The van der Waals surface area contributed by atoms with E-state index in [4.69, 9.17) is 9.37 Å². The van der Waals surface area contributed by atoms with Gasteiger partial charge in [-0.05, 0) is 53.1 Å². The van der Waals surface area contributed by atoms with Gasteiger partial charge in [0.15, 0.2) is 5.69 Å². The highest BCUT2D eigenvalue weighted by atomic mass is 16.6. The average molecular weight is 309 g/mol. The first kappa shape index (κ1) is 14.8. The number of ether oxygens (including phenoxy) is 1. The van der Waals surface area contributed by atoms with Crippen LogP contribution in [-0.2, 0) is 0 Å². The molecule has 0 fully saturated rings. The van der Waals surface area contributed by atoms with Crippen LogP contribution in [0.4, 0.5) is 5.82 Å². The molecule has 0 saturated carbocycles. The fraction of sp³-hybridized carbons (Fsp3) is 0.118. The van der Waals surface area contributed by atoms with E-state index < -0.39 is 0 Å². The first-order chi connectivity index (χ1) is 11.2. The predicted molar refractivity (Wildman–Crippen MR) is 85.4 cm³/mol. The van der Waals surface area contributed by atoms with Crippen LogP contribution >= 0.6 is 0 Å². The number of rotatable bonds is 4. The molecule has 116 valence electrons. The number of aryl methyl sites for hydroxylation is 1. The van der Waals surface area contributed by atoms with Gasteiger partial charge in [0, 0.05) is 11.1 Å². The number of nitrogens with one attached hydrogen (secondary N) is 1. The Labute approximate surface area is 133 Å². The smallest absolute Gasteiger partial charge is 0.256 e. The van der Waals surface area contributed by atoms with Crippen LogP contribution < -0.4 is 10.1 Å². The number of aromatic nitrogens is 2. The van der Waals surface area contributed by atoms with Crippen LogP contribution in [0, 0.1) is 6.92 Å². The topological polar surface area (TPSA) is 77.2 Å². The quantitative estimate of drug-likeness (QED) is 0.800. The predicted octanol–water partition coefficient (Wildman–Crippen LogP) is 3.31. The van der Waals surface area contributed by atoms with E-state index in [1.807, 2.05) is 31.2 Å². The van der Waals surface area contributed by atoms with Crippen LogP contribution in [0.1, 0.15) is 15.9 Å². The number of methoxy groups -OCH3 is 1. The highest BCUT2D eigenvalue weighted by Gasteiger charge is 2.16. The molecule has 0 saturated heterocycles. The molecule has 0 aliphatic carbocycles. The van der Waals surface area contributed by atoms with Crippen molar-refractivity contribution in [2.45, 2.75) is 6.92 Å². The van der Waals surface area contributed by atoms with Gasteiger partial charge in [0.1, 0.15) is 5.75 Å². The van der Waals surface area contributed by atoms with E-state index in [1.165, 1.54) is 0 Å². The molecule has 1 amide bonds. The fourth-order valence-electron chi connectivity index (χ4n) is 2.25. The molecule has 0 radical (unpaired) electrons. The Morgan fingerprint density at radius 2 is 1.91 bits per heavy atom. The van der Waals surface area contributed by atoms with Crippen molar-refractivity contribution < 1.29 is 14.2 Å². The van der Waals surface area contributed by atoms with Gasteiger partial charge in [-0.25, -0.2) is 4.63 Å². The van der Waals surface area contributed by atoms with Crippen LogP contribution in [0.3, 0.4) is 0 Å². The summed E-state index contributed by atoms with van der Waals surface area (Å²) in [6.07, 6.45) is 0. The van der Waals surface area contributed by atoms with Crippen LogP contribution in [0.25, 0.3) is 11.3 Å². The van der Waals surface area contributed by atoms with Crippen LogP contribution in [0.15, 0.2) is 53.2 Å². The van der Waals surface area contributed by atoms with E-state index in [1.54, 1.807) is 31.4 Å². The molecular formula is C17H15N3O3. The van der Waals surface area contributed by atoms with E-state index in [9.17, 15) is 4.79 Å². The Hall–Kier alpha value is -3.15. The van der Waals surface area contributed by atoms with Gasteiger partial charge < -0.3 is 10.1 Å². The van der Waals surface area contributed by atoms with Crippen LogP contribution in [0.5, 0.6) is 5.75 Å². The van der Waals surface area contributed by atoms with E-state index in [2.05, 4.69) is 15.6 Å². The lowest BCUT2D eigenvalue weighted by Crippen LogP contribution is -2.12. The molecule has 0 aliphatic rings. The lowest BCUT2D eigenvalue weighted by Gasteiger charge is -2.07. The first-order valence-electron chi connectivity index (χ1n) is 7.03. The fourth-order valence-corrected chi connectivity index (χ4v) is 2.25. The maximum Gasteiger partial charge on any atom is 0.256 e. The van der Waals surface area contributed by atoms with E-state index >= 15 is 0 Å². The van der Waals surface area contributed by atoms with E-state index in [0.717, 1.165) is 16.9 Å². The molecule has 1 aromatic heterocycles. The summed E-state index contributed by atoms with van der Waals surface area (Å²) in [5.41, 5.74) is 2.74. The Bertz CT molecular complexity index is 828. The Morgan fingerprint density at radius 1 is 1.13 bits per heavy atom. The molecule has 3 rings (SSSR count). The standard InChI is InChI=1S/C17H15N3O3/c1-11-10-13(8-9-14(11)22-2)15-16(20-23-19-15)18-17(21)12-6-4-3-5-7-12/h3-10H,1-2H3,(H,18,20,21). The molecule has 23 heavy (non-hydrogen) atoms. The zero-order valence-corrected chi connectivity index (χ0v) is 12.7. The normalized spacial score (nSPS) is 10.3. The van der Waals surface area contributed by atoms with Gasteiger partial charge in [-0.3, -0.25) is 4.79 Å². The molecule has 3 aromatic rings. The molecule has 0 bridgehead atoms. The van der Waals surface area contributed by atoms with Crippen molar-refractivity contribution in [3.8, 4) is 17.0 Å². The van der Waals surface area contributed by atoms with Gasteiger partial charge in [0.2, 0.25) is 5.82 Å². The molecule has 0 atom stereocenters. The minimum absolute atomic E-state index is 0.271. The first-order valence-corrected chi connectivity index (χ1v) is 7.03. The van der Waals surface area contributed by atoms with Gasteiger partial charge >= 0.3 is 0 Å². The lowest BCUT2D eigenvalue weighted by molar-refractivity contribution is 0.102. The summed E-state index contributed by atoms with van der Waals surface area (Å²) in [6, 6.07) is 14.5. The minimum atomic E-state index is -0.271. The van der Waals surface area contributed by atoms with Crippen molar-refractivity contribution in [3.63, 3.8) is 0 Å². The number of benzene rings is 2. The molecule has 6 nitrogen and oxygen atoms in total. The molecular weight excluding hydrogens is 294 g/mol. The minimum Gasteiger partial charge on any atom is -0.496 e. The van der Waals surface area contributed by atoms with Crippen molar-refractivity contribution in [1.29, 1.82) is 0 Å². The Balaban J connectivity index is 1.88. The SMILES string of the molecule is COc1ccc(-c2nonc2NC(=O)c2ccccc2)cc1C. The monoisotopic (exact) mass is 309 g/mol. The number of hydrogen-bond donors (Lipinski definition) is 1. The number of carbonyl (C=O) groups is 1. The largest absolute Gasteiger partial charge is 0.496 e. The number of carbonyl (C=O) groups excluding carboxylic acids is 1. The Morgan fingerprint density at radius 3 is 2.61 bits per heavy atom. The third-order valence-electron chi connectivity index (χ3n) is 3.42. The third kappa shape index (κ3) is 3.06. The summed E-state index contributed by atoms with van der Waals surface area (Å²) >= 11 is 0. The third-order valence-corrected chi connectivity index (χ3v) is 3.42. The van der Waals surface area contributed by atoms with Crippen molar-refractivity contribution >= 4 is 11.7 Å². The van der Waals surface area contributed by atoms with Gasteiger partial charge in [-0.2, -0.15) is 0 Å². The zero-order chi connectivity index (χ0) is 16.2. The second kappa shape index (κ2) is 6.31. The van der Waals surface area contributed by atoms with Crippen LogP contribution in [-0.4, -0.2) is 23.3 Å². The number of nitrogens with zero attached hydrogens (tertiary/aromatic N) is 2. The number of amides is 1. The lowest BCUT2D eigenvalue weighted by atomic mass is 10.1. The van der Waals surface area contributed by atoms with Gasteiger partial charge in [0.25, 0.3) is 5.91 Å². The summed E-state index contributed by atoms with van der Waals surface area (Å²) in [4.78, 5) is 12.2. The molecule has 2 aromatic carbocycles. The summed E-state index contributed by atoms with van der Waals surface area (Å²) in [5.74, 6) is 0.788. The summed E-state index contributed by atoms with van der Waals surface area (Å²) < 4.78 is 10.0. The maximum atomic E-state index is 12.2. The molecule has 1 heterocycles. The summed E-state index contributed by atoms with van der Waals surface area (Å²) in [6.45, 7) is 1.93. The van der Waals surface area contributed by atoms with E-state index in [-0.39, 0.29) is 11.7 Å².